The van der Waals surface area contributed by atoms with Crippen LogP contribution < -0.4 is 0 Å². The number of rotatable bonds is 7. The van der Waals surface area contributed by atoms with Gasteiger partial charge in [-0.1, -0.05) is 19.3 Å². The van der Waals surface area contributed by atoms with Crippen LogP contribution >= 0.6 is 11.6 Å². The van der Waals surface area contributed by atoms with Crippen LogP contribution in [-0.4, -0.2) is 92.6 Å². The van der Waals surface area contributed by atoms with Crippen molar-refractivity contribution in [2.24, 2.45) is 11.2 Å². The van der Waals surface area contributed by atoms with E-state index in [-0.39, 0.29) is 24.9 Å². The summed E-state index contributed by atoms with van der Waals surface area (Å²) in [7, 11) is 0. The first-order valence-corrected chi connectivity index (χ1v) is 9.75. The number of alkyl halides is 1. The third-order valence-electron chi connectivity index (χ3n) is 5.22. The van der Waals surface area contributed by atoms with E-state index in [2.05, 4.69) is 5.29 Å². The summed E-state index contributed by atoms with van der Waals surface area (Å²) in [6.07, 6.45) is -2.36. The third-order valence-corrected chi connectivity index (χ3v) is 5.38. The summed E-state index contributed by atoms with van der Waals surface area (Å²) >= 11 is 5.62. The van der Waals surface area contributed by atoms with Crippen molar-refractivity contribution in [2.75, 3.05) is 25.6 Å². The molecule has 5 atom stereocenters. The minimum absolute atomic E-state index is 0.0105. The van der Waals surface area contributed by atoms with Crippen molar-refractivity contribution in [1.29, 1.82) is 0 Å². The van der Waals surface area contributed by atoms with Gasteiger partial charge in [0.25, 0.3) is 0 Å². The number of hydrogen-bond donors (Lipinski definition) is 4. The van der Waals surface area contributed by atoms with Gasteiger partial charge in [0.2, 0.25) is 0 Å². The van der Waals surface area contributed by atoms with Crippen LogP contribution in [0.3, 0.4) is 0 Å². The molecule has 2 amide bonds. The highest BCUT2D eigenvalue weighted by Crippen LogP contribution is 2.29. The molecule has 0 bridgehead atoms. The molecule has 11 heteroatoms. The Morgan fingerprint density at radius 1 is 1.11 bits per heavy atom. The molecule has 2 aliphatic rings. The largest absolute Gasteiger partial charge is 0.394 e. The van der Waals surface area contributed by atoms with Gasteiger partial charge in [-0.25, -0.2) is 4.79 Å². The van der Waals surface area contributed by atoms with Crippen LogP contribution in [0.1, 0.15) is 32.1 Å². The summed E-state index contributed by atoms with van der Waals surface area (Å²) in [5.41, 5.74) is 0. The van der Waals surface area contributed by atoms with E-state index in [1.165, 1.54) is 0 Å². The molecule has 0 spiro atoms. The van der Waals surface area contributed by atoms with Crippen molar-refractivity contribution in [3.05, 3.63) is 4.91 Å². The number of urea groups is 1. The van der Waals surface area contributed by atoms with Crippen LogP contribution in [0, 0.1) is 10.8 Å². The summed E-state index contributed by atoms with van der Waals surface area (Å²) in [4.78, 5) is 25.1. The van der Waals surface area contributed by atoms with E-state index in [1.54, 1.807) is 0 Å². The number of ether oxygens (including phenoxy) is 1. The Morgan fingerprint density at radius 2 is 1.78 bits per heavy atom. The first-order valence-electron chi connectivity index (χ1n) is 9.22. The maximum Gasteiger partial charge on any atom is 0.345 e. The van der Waals surface area contributed by atoms with Gasteiger partial charge in [0, 0.05) is 12.4 Å². The molecule has 1 saturated heterocycles. The molecule has 1 aliphatic carbocycles. The summed E-state index contributed by atoms with van der Waals surface area (Å²) in [5, 5.41) is 43.1. The zero-order valence-electron chi connectivity index (χ0n) is 15.1. The Hall–Kier alpha value is -1.04. The summed E-state index contributed by atoms with van der Waals surface area (Å²) in [6.45, 7) is -0.539. The van der Waals surface area contributed by atoms with Crippen molar-refractivity contribution in [1.82, 2.24) is 9.91 Å². The van der Waals surface area contributed by atoms with E-state index < -0.39 is 43.3 Å². The van der Waals surface area contributed by atoms with Gasteiger partial charge < -0.3 is 25.2 Å². The Bertz CT molecular complexity index is 493. The maximum absolute atomic E-state index is 12.9. The Labute approximate surface area is 162 Å². The van der Waals surface area contributed by atoms with Gasteiger partial charge >= 0.3 is 6.03 Å². The zero-order chi connectivity index (χ0) is 20.0. The predicted octanol–water partition coefficient (Wildman–Crippen LogP) is 0.0108. The van der Waals surface area contributed by atoms with Crippen LogP contribution in [0.2, 0.25) is 0 Å². The van der Waals surface area contributed by atoms with E-state index >= 15 is 0 Å². The van der Waals surface area contributed by atoms with E-state index in [9.17, 15) is 30.1 Å². The van der Waals surface area contributed by atoms with Gasteiger partial charge in [-0.15, -0.1) is 16.5 Å². The molecule has 0 aromatic carbocycles. The van der Waals surface area contributed by atoms with E-state index in [1.807, 2.05) is 0 Å². The SMILES string of the molecule is O=NN(CCCl)C(=O)N(CC1CCCCC1)[C@@H]1O[C@H](CO)[C@H](O)[C@H](O)[C@H]1O. The van der Waals surface area contributed by atoms with Gasteiger partial charge in [-0.3, -0.25) is 4.90 Å². The van der Waals surface area contributed by atoms with Crippen molar-refractivity contribution >= 4 is 17.6 Å². The number of amides is 2. The van der Waals surface area contributed by atoms with E-state index in [4.69, 9.17) is 16.3 Å². The molecular formula is C16H28ClN3O7. The second kappa shape index (κ2) is 10.5. The quantitative estimate of drug-likeness (QED) is 0.263. The van der Waals surface area contributed by atoms with Crippen molar-refractivity contribution in [2.45, 2.75) is 62.7 Å². The average Bonchev–Trinajstić information content (AvgIpc) is 2.69. The fraction of sp³-hybridized carbons (Fsp3) is 0.938. The van der Waals surface area contributed by atoms with Crippen molar-refractivity contribution in [3.63, 3.8) is 0 Å². The highest BCUT2D eigenvalue weighted by atomic mass is 35.5. The number of carbonyl (C=O) groups is 1. The summed E-state index contributed by atoms with van der Waals surface area (Å²) in [6, 6.07) is -0.805. The molecule has 1 heterocycles. The average molecular weight is 410 g/mol. The lowest BCUT2D eigenvalue weighted by atomic mass is 9.88. The lowest BCUT2D eigenvalue weighted by Crippen LogP contribution is -2.65. The normalized spacial score (nSPS) is 32.1. The first-order chi connectivity index (χ1) is 12.9. The molecule has 2 fully saturated rings. The second-order valence-electron chi connectivity index (χ2n) is 7.05. The van der Waals surface area contributed by atoms with E-state index in [0.29, 0.717) is 5.01 Å². The number of halogens is 1. The number of aliphatic hydroxyl groups excluding tert-OH is 4. The van der Waals surface area contributed by atoms with Gasteiger partial charge in [0.1, 0.15) is 24.4 Å². The van der Waals surface area contributed by atoms with Crippen LogP contribution in [0.15, 0.2) is 5.29 Å². The molecule has 2 rings (SSSR count). The summed E-state index contributed by atoms with van der Waals surface area (Å²) in [5.74, 6) is 0.128. The van der Waals surface area contributed by atoms with Gasteiger partial charge in [0.15, 0.2) is 6.23 Å². The smallest absolute Gasteiger partial charge is 0.345 e. The third kappa shape index (κ3) is 5.27. The fourth-order valence-electron chi connectivity index (χ4n) is 3.68. The lowest BCUT2D eigenvalue weighted by Gasteiger charge is -2.45. The zero-order valence-corrected chi connectivity index (χ0v) is 15.8. The molecule has 0 unspecified atom stereocenters. The van der Waals surface area contributed by atoms with Crippen LogP contribution in [0.25, 0.3) is 0 Å². The molecule has 1 aliphatic heterocycles. The molecule has 27 heavy (non-hydrogen) atoms. The molecule has 156 valence electrons. The number of nitroso groups, excluding NO2 is 1. The molecule has 10 nitrogen and oxygen atoms in total. The van der Waals surface area contributed by atoms with Gasteiger partial charge in [0.05, 0.1) is 18.4 Å². The van der Waals surface area contributed by atoms with E-state index in [0.717, 1.165) is 37.0 Å². The molecular weight excluding hydrogens is 382 g/mol. The monoisotopic (exact) mass is 409 g/mol. The molecule has 0 radical (unpaired) electrons. The van der Waals surface area contributed by atoms with Gasteiger partial charge in [-0.05, 0) is 18.8 Å². The number of carbonyl (C=O) groups excluding carboxylic acids is 1. The number of hydrogen-bond acceptors (Lipinski definition) is 8. The summed E-state index contributed by atoms with van der Waals surface area (Å²) < 4.78 is 5.52. The first kappa shape index (κ1) is 22.3. The Balaban J connectivity index is 2.25. The highest BCUT2D eigenvalue weighted by molar-refractivity contribution is 6.18. The molecule has 1 saturated carbocycles. The van der Waals surface area contributed by atoms with Gasteiger partial charge in [-0.2, -0.15) is 5.01 Å². The topological polar surface area (TPSA) is 143 Å². The predicted molar refractivity (Wildman–Crippen MR) is 95.7 cm³/mol. The molecule has 0 aromatic rings. The highest BCUT2D eigenvalue weighted by Gasteiger charge is 2.48. The lowest BCUT2D eigenvalue weighted by molar-refractivity contribution is -0.259. The molecule has 0 aromatic heterocycles. The maximum atomic E-state index is 12.9. The number of nitrogens with zero attached hydrogens (tertiary/aromatic N) is 3. The van der Waals surface area contributed by atoms with Crippen LogP contribution in [0.5, 0.6) is 0 Å². The minimum atomic E-state index is -1.62. The second-order valence-corrected chi connectivity index (χ2v) is 7.43. The Kier molecular flexibility index (Phi) is 8.64. The van der Waals surface area contributed by atoms with Crippen molar-refractivity contribution < 1.29 is 30.0 Å². The minimum Gasteiger partial charge on any atom is -0.394 e. The standard InChI is InChI=1S/C16H28ClN3O7/c17-6-7-20(18-26)16(25)19(8-10-4-2-1-3-5-10)15-14(24)13(23)12(22)11(9-21)27-15/h10-15,21-24H,1-9H2/t11-,12+,13+,14-,15-/m1/s1. The van der Waals surface area contributed by atoms with Crippen molar-refractivity contribution in [3.8, 4) is 0 Å². The number of aliphatic hydroxyl groups is 4. The Morgan fingerprint density at radius 3 is 2.33 bits per heavy atom. The molecule has 4 N–H and O–H groups in total. The fourth-order valence-corrected chi connectivity index (χ4v) is 3.84. The van der Waals surface area contributed by atoms with Crippen LogP contribution in [-0.2, 0) is 4.74 Å². The van der Waals surface area contributed by atoms with Crippen LogP contribution in [0.4, 0.5) is 4.79 Å².